The van der Waals surface area contributed by atoms with Crippen LogP contribution in [0.1, 0.15) is 30.2 Å². The molecule has 0 amide bonds. The third kappa shape index (κ3) is 1.97. The van der Waals surface area contributed by atoms with Crippen molar-refractivity contribution in [3.63, 3.8) is 0 Å². The zero-order valence-electron chi connectivity index (χ0n) is 7.85. The molecule has 0 radical (unpaired) electrons. The molecule has 0 bridgehead atoms. The van der Waals surface area contributed by atoms with Crippen LogP contribution in [0.25, 0.3) is 0 Å². The van der Waals surface area contributed by atoms with Gasteiger partial charge >= 0.3 is 5.97 Å². The van der Waals surface area contributed by atoms with Crippen molar-refractivity contribution in [3.8, 4) is 0 Å². The number of hydrogen-bond donors (Lipinski definition) is 1. The van der Waals surface area contributed by atoms with E-state index in [9.17, 15) is 9.59 Å². The van der Waals surface area contributed by atoms with Crippen molar-refractivity contribution >= 4 is 11.8 Å². The van der Waals surface area contributed by atoms with Gasteiger partial charge in [0.25, 0.3) is 0 Å². The zero-order valence-corrected chi connectivity index (χ0v) is 7.85. The van der Waals surface area contributed by atoms with Gasteiger partial charge in [0.05, 0.1) is 12.8 Å². The Morgan fingerprint density at radius 2 is 2.21 bits per heavy atom. The summed E-state index contributed by atoms with van der Waals surface area (Å²) in [6, 6.07) is 0. The van der Waals surface area contributed by atoms with E-state index < -0.39 is 5.97 Å². The average molecular weight is 198 g/mol. The lowest BCUT2D eigenvalue weighted by atomic mass is 10.4. The van der Waals surface area contributed by atoms with Crippen LogP contribution in [0.2, 0.25) is 0 Å². The molecule has 0 aliphatic rings. The maximum Gasteiger partial charge on any atom is 0.329 e. The first-order valence-corrected chi connectivity index (χ1v) is 3.93. The third-order valence-electron chi connectivity index (χ3n) is 1.49. The normalized spacial score (nSPS) is 9.93. The van der Waals surface area contributed by atoms with Crippen molar-refractivity contribution in [1.82, 2.24) is 9.71 Å². The Morgan fingerprint density at radius 1 is 1.57 bits per heavy atom. The van der Waals surface area contributed by atoms with E-state index in [1.165, 1.54) is 20.0 Å². The standard InChI is InChI=1S/C8H10N2O4/c1-5(12)8-9-3-7(4-11)10(8)14-6(2)13/h3,11H,4H2,1-2H3. The van der Waals surface area contributed by atoms with Gasteiger partial charge in [-0.3, -0.25) is 4.79 Å². The molecule has 1 rings (SSSR count). The van der Waals surface area contributed by atoms with Crippen LogP contribution in [-0.4, -0.2) is 26.6 Å². The molecular formula is C8H10N2O4. The number of aliphatic hydroxyl groups excluding tert-OH is 1. The summed E-state index contributed by atoms with van der Waals surface area (Å²) in [4.78, 5) is 30.1. The van der Waals surface area contributed by atoms with Crippen LogP contribution in [0.4, 0.5) is 0 Å². The predicted octanol–water partition coefficient (Wildman–Crippen LogP) is -0.447. The van der Waals surface area contributed by atoms with Gasteiger partial charge in [0.1, 0.15) is 5.69 Å². The maximum absolute atomic E-state index is 11.0. The summed E-state index contributed by atoms with van der Waals surface area (Å²) in [5.74, 6) is -0.935. The Kier molecular flexibility index (Phi) is 2.98. The zero-order chi connectivity index (χ0) is 10.7. The van der Waals surface area contributed by atoms with Gasteiger partial charge in [-0.2, -0.15) is 4.73 Å². The molecule has 0 spiro atoms. The summed E-state index contributed by atoms with van der Waals surface area (Å²) in [6.07, 6.45) is 1.28. The van der Waals surface area contributed by atoms with Crippen LogP contribution in [0, 0.1) is 0 Å². The Morgan fingerprint density at radius 3 is 2.64 bits per heavy atom. The van der Waals surface area contributed by atoms with E-state index in [0.717, 1.165) is 4.73 Å². The monoisotopic (exact) mass is 198 g/mol. The number of carbonyl (C=O) groups excluding carboxylic acids is 2. The van der Waals surface area contributed by atoms with Crippen LogP contribution in [0.3, 0.4) is 0 Å². The second-order valence-electron chi connectivity index (χ2n) is 2.66. The molecule has 0 saturated carbocycles. The molecule has 0 aliphatic carbocycles. The molecule has 0 atom stereocenters. The summed E-state index contributed by atoms with van der Waals surface area (Å²) in [5, 5.41) is 8.86. The fourth-order valence-electron chi connectivity index (χ4n) is 0.946. The lowest BCUT2D eigenvalue weighted by molar-refractivity contribution is -0.142. The van der Waals surface area contributed by atoms with Crippen molar-refractivity contribution < 1.29 is 19.5 Å². The van der Waals surface area contributed by atoms with Gasteiger partial charge in [0.2, 0.25) is 5.82 Å². The minimum atomic E-state index is -0.583. The number of aliphatic hydroxyl groups is 1. The van der Waals surface area contributed by atoms with E-state index in [1.807, 2.05) is 0 Å². The molecule has 0 aromatic carbocycles. The van der Waals surface area contributed by atoms with Gasteiger partial charge in [-0.25, -0.2) is 9.78 Å². The molecule has 1 aromatic heterocycles. The number of rotatable bonds is 3. The minimum absolute atomic E-state index is 0.00995. The molecule has 6 heteroatoms. The molecule has 76 valence electrons. The van der Waals surface area contributed by atoms with Crippen LogP contribution >= 0.6 is 0 Å². The van der Waals surface area contributed by atoms with Crippen molar-refractivity contribution in [2.24, 2.45) is 0 Å². The average Bonchev–Trinajstić information content (AvgIpc) is 2.46. The highest BCUT2D eigenvalue weighted by Crippen LogP contribution is 2.04. The Hall–Kier alpha value is -1.69. The largest absolute Gasteiger partial charge is 0.390 e. The predicted molar refractivity (Wildman–Crippen MR) is 45.4 cm³/mol. The first-order valence-electron chi connectivity index (χ1n) is 3.93. The van der Waals surface area contributed by atoms with E-state index in [-0.39, 0.29) is 23.9 Å². The fourth-order valence-corrected chi connectivity index (χ4v) is 0.946. The Bertz CT molecular complexity index is 369. The van der Waals surface area contributed by atoms with Gasteiger partial charge in [0.15, 0.2) is 5.78 Å². The molecule has 0 saturated heterocycles. The van der Waals surface area contributed by atoms with Gasteiger partial charge in [-0.15, -0.1) is 0 Å². The number of ketones is 1. The van der Waals surface area contributed by atoms with Crippen molar-refractivity contribution in [3.05, 3.63) is 17.7 Å². The third-order valence-corrected chi connectivity index (χ3v) is 1.49. The molecule has 14 heavy (non-hydrogen) atoms. The summed E-state index contributed by atoms with van der Waals surface area (Å²) < 4.78 is 0.935. The number of aromatic nitrogens is 2. The molecule has 1 aromatic rings. The molecule has 0 fully saturated rings. The van der Waals surface area contributed by atoms with Crippen LogP contribution in [0.5, 0.6) is 0 Å². The first kappa shape index (κ1) is 10.4. The van der Waals surface area contributed by atoms with E-state index >= 15 is 0 Å². The van der Waals surface area contributed by atoms with Crippen LogP contribution in [0.15, 0.2) is 6.20 Å². The number of hydrogen-bond acceptors (Lipinski definition) is 5. The minimum Gasteiger partial charge on any atom is -0.390 e. The van der Waals surface area contributed by atoms with E-state index in [1.54, 1.807) is 0 Å². The highest BCUT2D eigenvalue weighted by atomic mass is 16.7. The Labute approximate surface area is 80.1 Å². The molecule has 0 aliphatic heterocycles. The van der Waals surface area contributed by atoms with Crippen molar-refractivity contribution in [2.75, 3.05) is 0 Å². The van der Waals surface area contributed by atoms with Gasteiger partial charge in [-0.05, 0) is 0 Å². The fraction of sp³-hybridized carbons (Fsp3) is 0.375. The number of Topliss-reactive ketones (excluding diaryl/α,β-unsaturated/α-hetero) is 1. The maximum atomic E-state index is 11.0. The molecular weight excluding hydrogens is 188 g/mol. The highest BCUT2D eigenvalue weighted by molar-refractivity contribution is 5.90. The van der Waals surface area contributed by atoms with Gasteiger partial charge < -0.3 is 9.94 Å². The van der Waals surface area contributed by atoms with E-state index in [0.29, 0.717) is 0 Å². The molecule has 1 N–H and O–H groups in total. The SMILES string of the molecule is CC(=O)On1c(CO)cnc1C(C)=O. The second kappa shape index (κ2) is 4.01. The highest BCUT2D eigenvalue weighted by Gasteiger charge is 2.15. The van der Waals surface area contributed by atoms with Crippen molar-refractivity contribution in [1.29, 1.82) is 0 Å². The molecule has 6 nitrogen and oxygen atoms in total. The van der Waals surface area contributed by atoms with Crippen LogP contribution in [-0.2, 0) is 11.4 Å². The van der Waals surface area contributed by atoms with Crippen LogP contribution < -0.4 is 4.84 Å². The molecule has 1 heterocycles. The number of carbonyl (C=O) groups is 2. The van der Waals surface area contributed by atoms with E-state index in [2.05, 4.69) is 4.98 Å². The lowest BCUT2D eigenvalue weighted by Gasteiger charge is -2.06. The Balaban J connectivity index is 3.12. The summed E-state index contributed by atoms with van der Waals surface area (Å²) in [5.41, 5.74) is 0.255. The van der Waals surface area contributed by atoms with Crippen molar-refractivity contribution in [2.45, 2.75) is 20.5 Å². The number of imidazole rings is 1. The summed E-state index contributed by atoms with van der Waals surface area (Å²) >= 11 is 0. The summed E-state index contributed by atoms with van der Waals surface area (Å²) in [6.45, 7) is 2.14. The quantitative estimate of drug-likeness (QED) is 0.665. The summed E-state index contributed by atoms with van der Waals surface area (Å²) in [7, 11) is 0. The topological polar surface area (TPSA) is 81.4 Å². The van der Waals surface area contributed by atoms with Gasteiger partial charge in [-0.1, -0.05) is 0 Å². The van der Waals surface area contributed by atoms with Gasteiger partial charge in [0, 0.05) is 13.8 Å². The molecule has 0 unspecified atom stereocenters. The van der Waals surface area contributed by atoms with E-state index in [4.69, 9.17) is 9.94 Å². The number of nitrogens with zero attached hydrogens (tertiary/aromatic N) is 2. The second-order valence-corrected chi connectivity index (χ2v) is 2.66. The first-order chi connectivity index (χ1) is 6.56. The lowest BCUT2D eigenvalue weighted by Crippen LogP contribution is -2.22. The smallest absolute Gasteiger partial charge is 0.329 e.